The zero-order valence-electron chi connectivity index (χ0n) is 12.5. The van der Waals surface area contributed by atoms with Gasteiger partial charge in [0, 0.05) is 11.6 Å². The first kappa shape index (κ1) is 14.2. The summed E-state index contributed by atoms with van der Waals surface area (Å²) in [6.45, 7) is 3.98. The molecule has 0 radical (unpaired) electrons. The van der Waals surface area contributed by atoms with Crippen molar-refractivity contribution in [1.82, 2.24) is 0 Å². The Balaban J connectivity index is 1.61. The Labute approximate surface area is 137 Å². The van der Waals surface area contributed by atoms with Crippen LogP contribution in [0.2, 0.25) is 0 Å². The minimum atomic E-state index is -0.277. The summed E-state index contributed by atoms with van der Waals surface area (Å²) >= 11 is 3.64. The highest BCUT2D eigenvalue weighted by Gasteiger charge is 2.67. The van der Waals surface area contributed by atoms with E-state index in [2.05, 4.69) is 21.2 Å². The van der Waals surface area contributed by atoms with Crippen LogP contribution in [0.15, 0.2) is 18.2 Å². The van der Waals surface area contributed by atoms with E-state index in [1.807, 2.05) is 32.0 Å². The second-order valence-corrected chi connectivity index (χ2v) is 7.83. The van der Waals surface area contributed by atoms with E-state index in [0.717, 1.165) is 23.2 Å². The summed E-state index contributed by atoms with van der Waals surface area (Å²) in [4.78, 5) is 25.0. The van der Waals surface area contributed by atoms with Gasteiger partial charge >= 0.3 is 5.97 Å². The van der Waals surface area contributed by atoms with Crippen molar-refractivity contribution in [2.24, 2.45) is 23.7 Å². The van der Waals surface area contributed by atoms with Crippen LogP contribution in [0.4, 0.5) is 5.69 Å². The SMILES string of the molecule is Cc1ccc(C)c(NC(=O)[C@@H]2[C@H]3C[C@H]4[C@H](OC(=O)[C@H]42)[C@@H]3Br)c1. The Bertz CT molecular complexity index is 674. The van der Waals surface area contributed by atoms with E-state index in [1.165, 1.54) is 0 Å². The van der Waals surface area contributed by atoms with Gasteiger partial charge in [0.25, 0.3) is 0 Å². The van der Waals surface area contributed by atoms with E-state index >= 15 is 0 Å². The number of hydrogen-bond acceptors (Lipinski definition) is 3. The van der Waals surface area contributed by atoms with Gasteiger partial charge in [0.1, 0.15) is 6.10 Å². The number of carbonyl (C=O) groups excluding carboxylic acids is 2. The van der Waals surface area contributed by atoms with Gasteiger partial charge < -0.3 is 10.1 Å². The number of hydrogen-bond donors (Lipinski definition) is 1. The standard InChI is InChI=1S/C17H18BrNO3/c1-7-3-4-8(2)11(5-7)19-16(20)12-9-6-10-13(12)17(21)22-15(10)14(9)18/h3-5,9-10,12-15H,6H2,1-2H3,(H,19,20)/t9-,10-,12-,13-,14-,15+/m1/s1. The number of amides is 1. The molecule has 22 heavy (non-hydrogen) atoms. The summed E-state index contributed by atoms with van der Waals surface area (Å²) in [6, 6.07) is 6.00. The van der Waals surface area contributed by atoms with Crippen LogP contribution in [0, 0.1) is 37.5 Å². The number of benzene rings is 1. The number of anilines is 1. The van der Waals surface area contributed by atoms with Gasteiger partial charge in [0.05, 0.1) is 16.7 Å². The smallest absolute Gasteiger partial charge is 0.310 e. The van der Waals surface area contributed by atoms with E-state index in [0.29, 0.717) is 0 Å². The molecule has 1 aromatic carbocycles. The molecule has 2 aliphatic carbocycles. The first-order chi connectivity index (χ1) is 10.5. The fourth-order valence-electron chi connectivity index (χ4n) is 4.42. The van der Waals surface area contributed by atoms with Crippen LogP contribution in [0.25, 0.3) is 0 Å². The third kappa shape index (κ3) is 1.87. The van der Waals surface area contributed by atoms with Crippen LogP contribution in [0.1, 0.15) is 17.5 Å². The van der Waals surface area contributed by atoms with Crippen LogP contribution < -0.4 is 5.32 Å². The molecule has 3 aliphatic rings. The summed E-state index contributed by atoms with van der Waals surface area (Å²) in [7, 11) is 0. The number of fused-ring (bicyclic) bond motifs is 1. The first-order valence-corrected chi connectivity index (χ1v) is 8.61. The van der Waals surface area contributed by atoms with E-state index < -0.39 is 0 Å². The average Bonchev–Trinajstić information content (AvgIpc) is 3.07. The van der Waals surface area contributed by atoms with Gasteiger partial charge in [-0.3, -0.25) is 9.59 Å². The number of halogens is 1. The minimum absolute atomic E-state index is 0.0349. The molecule has 4 rings (SSSR count). The lowest BCUT2D eigenvalue weighted by Crippen LogP contribution is -2.40. The third-order valence-electron chi connectivity index (χ3n) is 5.48. The van der Waals surface area contributed by atoms with Crippen LogP contribution in [-0.2, 0) is 14.3 Å². The molecule has 1 heterocycles. The van der Waals surface area contributed by atoms with Gasteiger partial charge in [-0.1, -0.05) is 28.1 Å². The van der Waals surface area contributed by atoms with Gasteiger partial charge in [-0.15, -0.1) is 0 Å². The Morgan fingerprint density at radius 3 is 2.86 bits per heavy atom. The molecular formula is C17H18BrNO3. The normalized spacial score (nSPS) is 38.2. The zero-order valence-corrected chi connectivity index (χ0v) is 14.1. The molecule has 5 heteroatoms. The first-order valence-electron chi connectivity index (χ1n) is 7.70. The van der Waals surface area contributed by atoms with Gasteiger partial charge in [-0.25, -0.2) is 0 Å². The summed E-state index contributed by atoms with van der Waals surface area (Å²) in [5.74, 6) is -0.379. The highest BCUT2D eigenvalue weighted by molar-refractivity contribution is 9.09. The summed E-state index contributed by atoms with van der Waals surface area (Å²) in [6.07, 6.45) is 0.870. The maximum absolute atomic E-state index is 12.8. The van der Waals surface area contributed by atoms with Crippen LogP contribution in [0.5, 0.6) is 0 Å². The van der Waals surface area contributed by atoms with Crippen molar-refractivity contribution in [2.75, 3.05) is 5.32 Å². The molecule has 4 nitrogen and oxygen atoms in total. The van der Waals surface area contributed by atoms with Crippen LogP contribution in [0.3, 0.4) is 0 Å². The number of nitrogens with one attached hydrogen (secondary N) is 1. The number of aryl methyl sites for hydroxylation is 2. The summed E-state index contributed by atoms with van der Waals surface area (Å²) in [5, 5.41) is 3.03. The topological polar surface area (TPSA) is 55.4 Å². The number of rotatable bonds is 2. The predicted octanol–water partition coefficient (Wildman–Crippen LogP) is 2.81. The molecular weight excluding hydrogens is 346 g/mol. The van der Waals surface area contributed by atoms with Crippen molar-refractivity contribution in [3.8, 4) is 0 Å². The molecule has 1 aromatic rings. The Kier molecular flexibility index (Phi) is 3.12. The molecule has 6 atom stereocenters. The molecule has 1 saturated heterocycles. The minimum Gasteiger partial charge on any atom is -0.461 e. The van der Waals surface area contributed by atoms with E-state index in [-0.39, 0.29) is 46.5 Å². The fraction of sp³-hybridized carbons (Fsp3) is 0.529. The lowest BCUT2D eigenvalue weighted by molar-refractivity contribution is -0.145. The molecule has 116 valence electrons. The van der Waals surface area contributed by atoms with Gasteiger partial charge in [0.15, 0.2) is 0 Å². The molecule has 2 bridgehead atoms. The molecule has 1 amide bonds. The van der Waals surface area contributed by atoms with Crippen molar-refractivity contribution < 1.29 is 14.3 Å². The van der Waals surface area contributed by atoms with Crippen molar-refractivity contribution in [1.29, 1.82) is 0 Å². The molecule has 1 aliphatic heterocycles. The van der Waals surface area contributed by atoms with E-state index in [1.54, 1.807) is 0 Å². The fourth-order valence-corrected chi connectivity index (χ4v) is 5.46. The second kappa shape index (κ2) is 4.82. The predicted molar refractivity (Wildman–Crippen MR) is 85.7 cm³/mol. The van der Waals surface area contributed by atoms with Crippen molar-refractivity contribution in [2.45, 2.75) is 31.2 Å². The zero-order chi connectivity index (χ0) is 15.6. The Morgan fingerprint density at radius 1 is 1.32 bits per heavy atom. The highest BCUT2D eigenvalue weighted by atomic mass is 79.9. The van der Waals surface area contributed by atoms with Gasteiger partial charge in [-0.05, 0) is 43.4 Å². The highest BCUT2D eigenvalue weighted by Crippen LogP contribution is 2.60. The van der Waals surface area contributed by atoms with E-state index in [9.17, 15) is 9.59 Å². The largest absolute Gasteiger partial charge is 0.461 e. The average molecular weight is 364 g/mol. The molecule has 0 spiro atoms. The number of ether oxygens (including phenoxy) is 1. The lowest BCUT2D eigenvalue weighted by Gasteiger charge is -2.27. The number of alkyl halides is 1. The molecule has 2 saturated carbocycles. The van der Waals surface area contributed by atoms with Gasteiger partial charge in [0.2, 0.25) is 5.91 Å². The maximum atomic E-state index is 12.8. The molecule has 0 aromatic heterocycles. The second-order valence-electron chi connectivity index (χ2n) is 6.77. The molecule has 0 unspecified atom stereocenters. The Morgan fingerprint density at radius 2 is 2.09 bits per heavy atom. The van der Waals surface area contributed by atoms with Crippen LogP contribution in [-0.4, -0.2) is 22.8 Å². The summed E-state index contributed by atoms with van der Waals surface area (Å²) in [5.41, 5.74) is 2.97. The molecule has 3 fully saturated rings. The van der Waals surface area contributed by atoms with Crippen molar-refractivity contribution in [3.05, 3.63) is 29.3 Å². The summed E-state index contributed by atoms with van der Waals surface area (Å²) < 4.78 is 5.46. The van der Waals surface area contributed by atoms with Crippen molar-refractivity contribution in [3.63, 3.8) is 0 Å². The lowest BCUT2D eigenvalue weighted by atomic mass is 9.79. The quantitative estimate of drug-likeness (QED) is 0.649. The Hall–Kier alpha value is -1.36. The monoisotopic (exact) mass is 363 g/mol. The van der Waals surface area contributed by atoms with Crippen LogP contribution >= 0.6 is 15.9 Å². The maximum Gasteiger partial charge on any atom is 0.310 e. The third-order valence-corrected chi connectivity index (χ3v) is 6.68. The number of carbonyl (C=O) groups is 2. The molecule has 1 N–H and O–H groups in total. The van der Waals surface area contributed by atoms with Gasteiger partial charge in [-0.2, -0.15) is 0 Å². The number of esters is 1. The van der Waals surface area contributed by atoms with E-state index in [4.69, 9.17) is 4.74 Å². The van der Waals surface area contributed by atoms with Crippen molar-refractivity contribution >= 4 is 33.5 Å².